The molecule has 4 rings (SSSR count). The number of fused-ring (bicyclic) bond motifs is 1. The number of phenolic OH excluding ortho intramolecular Hbond substituents is 1. The van der Waals surface area contributed by atoms with Crippen molar-refractivity contribution in [3.8, 4) is 17.2 Å². The first kappa shape index (κ1) is 23.1. The largest absolute Gasteiger partial charge is 0.508 e. The van der Waals surface area contributed by atoms with Gasteiger partial charge in [-0.3, -0.25) is 9.29 Å². The summed E-state index contributed by atoms with van der Waals surface area (Å²) < 4.78 is 24.9. The number of allylic oxidation sites excluding steroid dienone is 4. The molecular formula is C28H32FNO3. The molecule has 2 aliphatic heterocycles. The Bertz CT molecular complexity index is 1070. The van der Waals surface area contributed by atoms with Crippen molar-refractivity contribution in [1.82, 2.24) is 4.90 Å². The van der Waals surface area contributed by atoms with E-state index in [-0.39, 0.29) is 24.4 Å². The Balaban J connectivity index is 1.54. The molecule has 2 aliphatic rings. The molecule has 0 amide bonds. The van der Waals surface area contributed by atoms with Crippen molar-refractivity contribution in [2.45, 2.75) is 26.9 Å². The first-order valence-electron chi connectivity index (χ1n) is 11.5. The van der Waals surface area contributed by atoms with E-state index in [9.17, 15) is 9.50 Å². The van der Waals surface area contributed by atoms with E-state index in [2.05, 4.69) is 24.0 Å². The van der Waals surface area contributed by atoms with Crippen molar-refractivity contribution >= 4 is 5.57 Å². The molecule has 2 heterocycles. The molecule has 0 saturated carbocycles. The molecular weight excluding hydrogens is 417 g/mol. The first-order valence-corrected chi connectivity index (χ1v) is 11.5. The maximum atomic E-state index is 12.6. The lowest BCUT2D eigenvalue weighted by Gasteiger charge is -2.37. The van der Waals surface area contributed by atoms with Crippen molar-refractivity contribution in [2.24, 2.45) is 5.92 Å². The second kappa shape index (κ2) is 10.3. The Kier molecular flexibility index (Phi) is 7.19. The summed E-state index contributed by atoms with van der Waals surface area (Å²) in [7, 11) is 0. The molecule has 5 heteroatoms. The van der Waals surface area contributed by atoms with Gasteiger partial charge in [0.25, 0.3) is 0 Å². The average Bonchev–Trinajstić information content (AvgIpc) is 2.79. The molecule has 0 unspecified atom stereocenters. The molecule has 2 aromatic carbocycles. The minimum atomic E-state index is -0.297. The van der Waals surface area contributed by atoms with Gasteiger partial charge in [-0.05, 0) is 61.7 Å². The Morgan fingerprint density at radius 1 is 1.18 bits per heavy atom. The number of phenols is 1. The Morgan fingerprint density at radius 3 is 2.61 bits per heavy atom. The van der Waals surface area contributed by atoms with Crippen LogP contribution in [0.4, 0.5) is 4.39 Å². The quantitative estimate of drug-likeness (QED) is 0.494. The van der Waals surface area contributed by atoms with Gasteiger partial charge in [0.2, 0.25) is 0 Å². The smallest absolute Gasteiger partial charge is 0.150 e. The predicted octanol–water partition coefficient (Wildman–Crippen LogP) is 6.10. The van der Waals surface area contributed by atoms with Gasteiger partial charge < -0.3 is 14.6 Å². The lowest BCUT2D eigenvalue weighted by molar-refractivity contribution is 0.0668. The third-order valence-corrected chi connectivity index (χ3v) is 6.36. The number of halogens is 1. The fourth-order valence-corrected chi connectivity index (χ4v) is 4.56. The van der Waals surface area contributed by atoms with Gasteiger partial charge in [-0.15, -0.1) is 0 Å². The van der Waals surface area contributed by atoms with E-state index in [0.29, 0.717) is 12.4 Å². The van der Waals surface area contributed by atoms with Gasteiger partial charge in [0.1, 0.15) is 30.0 Å². The van der Waals surface area contributed by atoms with E-state index < -0.39 is 0 Å². The molecule has 1 fully saturated rings. The van der Waals surface area contributed by atoms with Gasteiger partial charge in [0.15, 0.2) is 0 Å². The molecule has 0 aliphatic carbocycles. The highest BCUT2D eigenvalue weighted by molar-refractivity contribution is 5.79. The number of hydrogen-bond acceptors (Lipinski definition) is 4. The van der Waals surface area contributed by atoms with Crippen LogP contribution in [0.15, 0.2) is 71.8 Å². The van der Waals surface area contributed by atoms with E-state index in [1.807, 2.05) is 50.3 Å². The van der Waals surface area contributed by atoms with Crippen LogP contribution in [0.25, 0.3) is 5.57 Å². The fourth-order valence-electron chi connectivity index (χ4n) is 4.56. The first-order chi connectivity index (χ1) is 16.0. The second-order valence-corrected chi connectivity index (χ2v) is 8.66. The zero-order valence-electron chi connectivity index (χ0n) is 19.6. The molecule has 0 radical (unpaired) electrons. The summed E-state index contributed by atoms with van der Waals surface area (Å²) in [5.74, 6) is 1.87. The number of likely N-dealkylation sites (tertiary alicyclic amines) is 1. The number of benzene rings is 2. The summed E-state index contributed by atoms with van der Waals surface area (Å²) >= 11 is 0. The number of rotatable bonds is 8. The lowest BCUT2D eigenvalue weighted by atomic mass is 9.85. The summed E-state index contributed by atoms with van der Waals surface area (Å²) in [6.45, 7) is 8.95. The number of alkyl halides is 1. The van der Waals surface area contributed by atoms with Crippen LogP contribution in [0, 0.1) is 5.92 Å². The molecule has 0 bridgehead atoms. The van der Waals surface area contributed by atoms with Crippen molar-refractivity contribution in [3.63, 3.8) is 0 Å². The van der Waals surface area contributed by atoms with Crippen LogP contribution in [0.2, 0.25) is 0 Å². The molecule has 174 valence electrons. The van der Waals surface area contributed by atoms with Crippen LogP contribution < -0.4 is 9.47 Å². The fraction of sp³-hybridized carbons (Fsp3) is 0.357. The molecule has 0 spiro atoms. The second-order valence-electron chi connectivity index (χ2n) is 8.66. The molecule has 2 aromatic rings. The van der Waals surface area contributed by atoms with Crippen molar-refractivity contribution in [2.75, 3.05) is 32.9 Å². The van der Waals surface area contributed by atoms with Gasteiger partial charge in [-0.1, -0.05) is 30.4 Å². The Labute approximate surface area is 195 Å². The standard InChI is InChI=1S/C28H32FNO3/c1-4-6-21(5-2)27-19(3)25-12-9-23(31)15-26(25)33-28(27)22-7-10-24(11-8-22)32-14-13-30-17-20(16-29)18-30/h4-12,15,20,28,31H,13-14,16-18H2,1-3H3/b6-4-,21-5+/t28-/m0/s1. The number of aromatic hydroxyl groups is 1. The molecule has 4 nitrogen and oxygen atoms in total. The summed E-state index contributed by atoms with van der Waals surface area (Å²) in [5, 5.41) is 9.99. The zero-order valence-corrected chi connectivity index (χ0v) is 19.6. The highest BCUT2D eigenvalue weighted by Gasteiger charge is 2.30. The van der Waals surface area contributed by atoms with Crippen molar-refractivity contribution in [3.05, 3.63) is 83.0 Å². The van der Waals surface area contributed by atoms with Gasteiger partial charge in [-0.2, -0.15) is 0 Å². The maximum Gasteiger partial charge on any atom is 0.150 e. The van der Waals surface area contributed by atoms with Crippen LogP contribution in [0.1, 0.15) is 38.0 Å². The maximum absolute atomic E-state index is 12.6. The summed E-state index contributed by atoms with van der Waals surface area (Å²) in [4.78, 5) is 2.21. The van der Waals surface area contributed by atoms with Crippen molar-refractivity contribution in [1.29, 1.82) is 0 Å². The highest BCUT2D eigenvalue weighted by atomic mass is 19.1. The summed E-state index contributed by atoms with van der Waals surface area (Å²) in [6.07, 6.45) is 5.93. The summed E-state index contributed by atoms with van der Waals surface area (Å²) in [5.41, 5.74) is 5.36. The predicted molar refractivity (Wildman–Crippen MR) is 130 cm³/mol. The van der Waals surface area contributed by atoms with Crippen molar-refractivity contribution < 1.29 is 19.0 Å². The van der Waals surface area contributed by atoms with E-state index in [1.165, 1.54) is 0 Å². The zero-order chi connectivity index (χ0) is 23.4. The normalized spacial score (nSPS) is 19.4. The van der Waals surface area contributed by atoms with Crippen LogP contribution in [-0.4, -0.2) is 42.9 Å². The van der Waals surface area contributed by atoms with E-state index in [0.717, 1.165) is 53.2 Å². The molecule has 33 heavy (non-hydrogen) atoms. The molecule has 0 aromatic heterocycles. The number of nitrogens with zero attached hydrogens (tertiary/aromatic N) is 1. The third kappa shape index (κ3) is 4.98. The van der Waals surface area contributed by atoms with Crippen LogP contribution in [0.5, 0.6) is 17.2 Å². The van der Waals surface area contributed by atoms with Crippen LogP contribution in [-0.2, 0) is 0 Å². The Morgan fingerprint density at radius 2 is 1.94 bits per heavy atom. The van der Waals surface area contributed by atoms with E-state index in [1.54, 1.807) is 12.1 Å². The van der Waals surface area contributed by atoms with Crippen LogP contribution >= 0.6 is 0 Å². The van der Waals surface area contributed by atoms with E-state index >= 15 is 0 Å². The third-order valence-electron chi connectivity index (χ3n) is 6.36. The molecule has 1 saturated heterocycles. The Hall–Kier alpha value is -3.05. The van der Waals surface area contributed by atoms with Gasteiger partial charge >= 0.3 is 0 Å². The number of ether oxygens (including phenoxy) is 2. The topological polar surface area (TPSA) is 41.9 Å². The highest BCUT2D eigenvalue weighted by Crippen LogP contribution is 2.46. The number of hydrogen-bond donors (Lipinski definition) is 1. The average molecular weight is 450 g/mol. The minimum absolute atomic E-state index is 0.187. The SMILES string of the molecule is C/C=C\C(=C/C)C1=C(C)c2ccc(O)cc2O[C@H]1c1ccc(OCCN2CC(CF)C2)cc1. The van der Waals surface area contributed by atoms with Gasteiger partial charge in [0, 0.05) is 42.8 Å². The minimum Gasteiger partial charge on any atom is -0.508 e. The lowest BCUT2D eigenvalue weighted by Crippen LogP contribution is -2.49. The molecule has 1 N–H and O–H groups in total. The van der Waals surface area contributed by atoms with Gasteiger partial charge in [-0.25, -0.2) is 0 Å². The van der Waals surface area contributed by atoms with Gasteiger partial charge in [0.05, 0.1) is 6.67 Å². The van der Waals surface area contributed by atoms with Crippen LogP contribution in [0.3, 0.4) is 0 Å². The monoisotopic (exact) mass is 449 g/mol. The summed E-state index contributed by atoms with van der Waals surface area (Å²) in [6, 6.07) is 13.3. The van der Waals surface area contributed by atoms with E-state index in [4.69, 9.17) is 9.47 Å². The molecule has 1 atom stereocenters.